The number of alkyl halides is 15. The van der Waals surface area contributed by atoms with Crippen LogP contribution >= 0.6 is 0 Å². The molecule has 0 saturated heterocycles. The Balaban J connectivity index is 6.46. The van der Waals surface area contributed by atoms with Crippen LogP contribution in [0.3, 0.4) is 0 Å². The summed E-state index contributed by atoms with van der Waals surface area (Å²) in [7, 11) is 0. The molecule has 0 saturated carbocycles. The molecule has 3 nitrogen and oxygen atoms in total. The number of hydrogen-bond donors (Lipinski definition) is 1. The van der Waals surface area contributed by atoms with Gasteiger partial charge in [-0.15, -0.1) is 0 Å². The summed E-state index contributed by atoms with van der Waals surface area (Å²) in [6.07, 6.45) is -14.9. The van der Waals surface area contributed by atoms with E-state index in [4.69, 9.17) is 4.55 Å². The van der Waals surface area contributed by atoms with Gasteiger partial charge in [-0.3, -0.25) is 4.55 Å². The lowest BCUT2D eigenvalue weighted by Crippen LogP contribution is -2.72. The fraction of sp³-hybridized carbons (Fsp3) is 1.00. The van der Waals surface area contributed by atoms with Gasteiger partial charge in [-0.25, -0.2) is 0 Å². The minimum atomic E-state index is -8.47. The molecule has 0 fully saturated rings. The third kappa shape index (κ3) is 3.32. The van der Waals surface area contributed by atoms with Crippen molar-refractivity contribution in [3.63, 3.8) is 0 Å². The summed E-state index contributed by atoms with van der Waals surface area (Å²) in [5, 5.41) is 0. The van der Waals surface area contributed by atoms with Crippen molar-refractivity contribution < 1.29 is 78.8 Å². The van der Waals surface area contributed by atoms with Crippen LogP contribution in [0.15, 0.2) is 0 Å². The van der Waals surface area contributed by atoms with Crippen LogP contribution in [0.5, 0.6) is 0 Å². The normalized spacial score (nSPS) is 17.4. The molecule has 1 unspecified atom stereocenters. The molecule has 1 atom stereocenters. The zero-order valence-electron chi connectivity index (χ0n) is 10.8. The lowest BCUT2D eigenvalue weighted by Gasteiger charge is -2.40. The maximum atomic E-state index is 12.9. The third-order valence-electron chi connectivity index (χ3n) is 2.47. The van der Waals surface area contributed by atoms with E-state index in [0.717, 1.165) is 0 Å². The predicted molar refractivity (Wildman–Crippen MR) is 47.6 cm³/mol. The maximum absolute atomic E-state index is 12.9. The van der Waals surface area contributed by atoms with Crippen LogP contribution in [-0.4, -0.2) is 50.7 Å². The zero-order valence-corrected chi connectivity index (χ0v) is 11.7. The molecule has 0 spiro atoms. The van der Waals surface area contributed by atoms with Gasteiger partial charge in [0.1, 0.15) is 0 Å². The molecule has 0 heterocycles. The summed E-state index contributed by atoms with van der Waals surface area (Å²) in [4.78, 5) is 0. The molecule has 0 aliphatic carbocycles. The van der Waals surface area contributed by atoms with Crippen LogP contribution in [0.25, 0.3) is 0 Å². The second-order valence-corrected chi connectivity index (χ2v) is 4.79. The van der Waals surface area contributed by atoms with Crippen molar-refractivity contribution in [3.8, 4) is 0 Å². The molecular weight excluding hydrogens is 449 g/mol. The fourth-order valence-electron chi connectivity index (χ4n) is 1.09. The number of hydrogen-bond acceptors (Lipinski definition) is 2. The molecule has 0 aromatic rings. The average Bonchev–Trinajstić information content (AvgIpc) is 2.34. The maximum Gasteiger partial charge on any atom is 0.460 e. The molecular formula is C7HF15O3S. The van der Waals surface area contributed by atoms with Crippen LogP contribution in [0, 0.1) is 0 Å². The molecule has 0 rings (SSSR count). The summed E-state index contributed by atoms with van der Waals surface area (Å²) in [6.45, 7) is 0. The summed E-state index contributed by atoms with van der Waals surface area (Å²) in [5.74, 6) is -41.2. The minimum Gasteiger partial charge on any atom is -0.284 e. The Morgan fingerprint density at radius 1 is 0.538 bits per heavy atom. The van der Waals surface area contributed by atoms with E-state index < -0.39 is 53.3 Å². The monoisotopic (exact) mass is 450 g/mol. The Morgan fingerprint density at radius 3 is 1.08 bits per heavy atom. The van der Waals surface area contributed by atoms with Crippen LogP contribution in [0.1, 0.15) is 0 Å². The topological polar surface area (TPSA) is 46.5 Å². The smallest absolute Gasteiger partial charge is 0.284 e. The van der Waals surface area contributed by atoms with Gasteiger partial charge < -0.3 is 0 Å². The Labute approximate surface area is 133 Å². The highest BCUT2D eigenvalue weighted by molar-refractivity contribution is 7.74. The first kappa shape index (κ1) is 25.0. The molecule has 0 aromatic carbocycles. The van der Waals surface area contributed by atoms with Crippen molar-refractivity contribution in [1.29, 1.82) is 0 Å². The lowest BCUT2D eigenvalue weighted by atomic mass is 9.93. The summed E-state index contributed by atoms with van der Waals surface area (Å²) < 4.78 is 207. The van der Waals surface area contributed by atoms with Gasteiger partial charge in [-0.1, -0.05) is 0 Å². The van der Waals surface area contributed by atoms with Crippen molar-refractivity contribution in [2.24, 2.45) is 0 Å². The van der Waals surface area contributed by atoms with Gasteiger partial charge in [-0.2, -0.15) is 74.2 Å². The van der Waals surface area contributed by atoms with E-state index in [-0.39, 0.29) is 0 Å². The Kier molecular flexibility index (Phi) is 6.04. The molecule has 0 amide bonds. The highest BCUT2D eigenvalue weighted by atomic mass is 32.2. The van der Waals surface area contributed by atoms with Crippen molar-refractivity contribution in [1.82, 2.24) is 0 Å². The molecule has 1 N–H and O–H groups in total. The van der Waals surface area contributed by atoms with E-state index in [0.29, 0.717) is 0 Å². The van der Waals surface area contributed by atoms with Gasteiger partial charge >= 0.3 is 53.3 Å². The lowest BCUT2D eigenvalue weighted by molar-refractivity contribution is -0.464. The van der Waals surface area contributed by atoms with E-state index >= 15 is 0 Å². The van der Waals surface area contributed by atoms with E-state index in [1.807, 2.05) is 4.18 Å². The fourth-order valence-corrected chi connectivity index (χ4v) is 1.38. The SMILES string of the molecule is O=S(O)OC(F)(F)C(F)(F)C(F)(F)C(F)(F)C(F)(F)C(F)(F)C(F)(F)F. The molecule has 158 valence electrons. The second kappa shape index (κ2) is 6.28. The highest BCUT2D eigenvalue weighted by Crippen LogP contribution is 2.62. The first-order valence-corrected chi connectivity index (χ1v) is 6.09. The quantitative estimate of drug-likeness (QED) is 0.460. The predicted octanol–water partition coefficient (Wildman–Crippen LogP) is 4.47. The first-order valence-electron chi connectivity index (χ1n) is 5.05. The molecule has 0 radical (unpaired) electrons. The Morgan fingerprint density at radius 2 is 0.808 bits per heavy atom. The largest absolute Gasteiger partial charge is 0.460 e. The van der Waals surface area contributed by atoms with Crippen molar-refractivity contribution in [3.05, 3.63) is 0 Å². The van der Waals surface area contributed by atoms with Crippen LogP contribution in [-0.2, 0) is 15.5 Å². The van der Waals surface area contributed by atoms with Crippen LogP contribution < -0.4 is 0 Å². The highest BCUT2D eigenvalue weighted by Gasteiger charge is 2.94. The first-order chi connectivity index (χ1) is 10.9. The second-order valence-electron chi connectivity index (χ2n) is 4.19. The molecule has 0 aromatic heterocycles. The van der Waals surface area contributed by atoms with Gasteiger partial charge in [0.15, 0.2) is 0 Å². The molecule has 0 aliphatic rings. The van der Waals surface area contributed by atoms with Crippen LogP contribution in [0.4, 0.5) is 65.9 Å². The molecule has 0 bridgehead atoms. The van der Waals surface area contributed by atoms with E-state index in [1.54, 1.807) is 0 Å². The van der Waals surface area contributed by atoms with Gasteiger partial charge in [-0.05, 0) is 0 Å². The molecule has 19 heteroatoms. The molecule has 26 heavy (non-hydrogen) atoms. The number of rotatable bonds is 7. The van der Waals surface area contributed by atoms with Gasteiger partial charge in [0.25, 0.3) is 0 Å². The summed E-state index contributed by atoms with van der Waals surface area (Å²) in [6, 6.07) is 0. The number of halogens is 15. The van der Waals surface area contributed by atoms with Gasteiger partial charge in [0.05, 0.1) is 0 Å². The van der Waals surface area contributed by atoms with Crippen molar-refractivity contribution in [2.75, 3.05) is 0 Å². The Bertz CT molecular complexity index is 552. The standard InChI is InChI=1S/C7HF15O3S/c8-1(9,2(10,11)4(14,15)6(18,19)20)3(12,13)5(16,17)7(21,22)25-26(23)24/h(H,23,24). The summed E-state index contributed by atoms with van der Waals surface area (Å²) >= 11 is -4.62. The van der Waals surface area contributed by atoms with Crippen molar-refractivity contribution in [2.45, 2.75) is 41.9 Å². The molecule has 0 aliphatic heterocycles. The van der Waals surface area contributed by atoms with Gasteiger partial charge in [0, 0.05) is 0 Å². The average molecular weight is 450 g/mol. The van der Waals surface area contributed by atoms with Crippen molar-refractivity contribution >= 4 is 11.4 Å². The zero-order chi connectivity index (χ0) is 21.8. The van der Waals surface area contributed by atoms with Crippen LogP contribution in [0.2, 0.25) is 0 Å². The van der Waals surface area contributed by atoms with Gasteiger partial charge in [0.2, 0.25) is 0 Å². The van der Waals surface area contributed by atoms with E-state index in [9.17, 15) is 70.1 Å². The third-order valence-corrected chi connectivity index (χ3v) is 2.83. The van der Waals surface area contributed by atoms with E-state index in [1.165, 1.54) is 0 Å². The Hall–Kier alpha value is -0.980. The van der Waals surface area contributed by atoms with E-state index in [2.05, 4.69) is 0 Å². The summed E-state index contributed by atoms with van der Waals surface area (Å²) in [5.41, 5.74) is 0. The minimum absolute atomic E-state index is 1.93.